The number of aromatic nitrogens is 1. The van der Waals surface area contributed by atoms with Crippen molar-refractivity contribution in [3.63, 3.8) is 0 Å². The highest BCUT2D eigenvalue weighted by atomic mass is 35.5. The maximum Gasteiger partial charge on any atom is 0.407 e. The summed E-state index contributed by atoms with van der Waals surface area (Å²) < 4.78 is 10.6. The summed E-state index contributed by atoms with van der Waals surface area (Å²) in [5, 5.41) is 8.99. The van der Waals surface area contributed by atoms with E-state index in [4.69, 9.17) is 26.1 Å². The summed E-state index contributed by atoms with van der Waals surface area (Å²) in [6, 6.07) is 11.6. The van der Waals surface area contributed by atoms with Crippen molar-refractivity contribution in [2.24, 2.45) is 0 Å². The van der Waals surface area contributed by atoms with Crippen molar-refractivity contribution >= 4 is 45.2 Å². The molecule has 0 saturated carbocycles. The van der Waals surface area contributed by atoms with Gasteiger partial charge in [-0.05, 0) is 70.0 Å². The minimum absolute atomic E-state index is 0.384. The Kier molecular flexibility index (Phi) is 9.39. The molecule has 0 aliphatic heterocycles. The first-order valence-electron chi connectivity index (χ1n) is 11.0. The third kappa shape index (κ3) is 7.16. The van der Waals surface area contributed by atoms with Crippen molar-refractivity contribution in [3.8, 4) is 5.75 Å². The Morgan fingerprint density at radius 3 is 2.41 bits per heavy atom. The number of carbonyl (C=O) groups excluding carboxylic acids is 1. The van der Waals surface area contributed by atoms with Crippen molar-refractivity contribution < 1.29 is 14.3 Å². The standard InChI is InChI=1S/C23H28ClN3O3.C2H6/c1-23(2,3)30-22(28)26-12-6-5-11-25-21-17-9-7-15(24)13-20(17)27-19-10-8-16(29-4)14-18(19)21;1-2/h7-10,13-14H,5-6,11-12H2,1-4H3,(H,25,27)(H,26,28);1-2H3. The van der Waals surface area contributed by atoms with E-state index in [9.17, 15) is 4.79 Å². The number of unbranched alkanes of at least 4 members (excludes halogenated alkanes) is 1. The second-order valence-corrected chi connectivity index (χ2v) is 8.53. The summed E-state index contributed by atoms with van der Waals surface area (Å²) in [7, 11) is 1.65. The molecule has 1 aromatic heterocycles. The van der Waals surface area contributed by atoms with Crippen LogP contribution in [0.15, 0.2) is 36.4 Å². The maximum absolute atomic E-state index is 11.7. The monoisotopic (exact) mass is 459 g/mol. The molecule has 0 aliphatic rings. The average molecular weight is 460 g/mol. The maximum atomic E-state index is 11.7. The summed E-state index contributed by atoms with van der Waals surface area (Å²) in [6.45, 7) is 10.9. The van der Waals surface area contributed by atoms with E-state index < -0.39 is 5.60 Å². The minimum atomic E-state index is -0.487. The Labute approximate surface area is 195 Å². The van der Waals surface area contributed by atoms with E-state index in [1.54, 1.807) is 7.11 Å². The van der Waals surface area contributed by atoms with E-state index in [0.717, 1.165) is 52.6 Å². The highest BCUT2D eigenvalue weighted by molar-refractivity contribution is 6.31. The summed E-state index contributed by atoms with van der Waals surface area (Å²) >= 11 is 6.17. The number of hydrogen-bond acceptors (Lipinski definition) is 5. The van der Waals surface area contributed by atoms with Crippen LogP contribution in [-0.4, -0.2) is 36.9 Å². The van der Waals surface area contributed by atoms with E-state index in [1.807, 2.05) is 71.0 Å². The highest BCUT2D eigenvalue weighted by Gasteiger charge is 2.15. The fourth-order valence-corrected chi connectivity index (χ4v) is 3.35. The number of benzene rings is 2. The molecule has 3 aromatic rings. The van der Waals surface area contributed by atoms with Crippen molar-refractivity contribution in [1.82, 2.24) is 10.3 Å². The van der Waals surface area contributed by atoms with E-state index in [0.29, 0.717) is 11.6 Å². The van der Waals surface area contributed by atoms with Crippen LogP contribution in [0.1, 0.15) is 47.5 Å². The molecule has 7 heteroatoms. The number of pyridine rings is 1. The molecule has 2 aromatic carbocycles. The Bertz CT molecular complexity index is 1050. The van der Waals surface area contributed by atoms with Crippen molar-refractivity contribution in [2.45, 2.75) is 53.1 Å². The first kappa shape index (κ1) is 25.5. The van der Waals surface area contributed by atoms with Gasteiger partial charge in [0.1, 0.15) is 11.4 Å². The number of ether oxygens (including phenoxy) is 2. The second-order valence-electron chi connectivity index (χ2n) is 8.09. The fourth-order valence-electron chi connectivity index (χ4n) is 3.18. The lowest BCUT2D eigenvalue weighted by atomic mass is 10.1. The topological polar surface area (TPSA) is 72.5 Å². The molecule has 174 valence electrons. The van der Waals surface area contributed by atoms with E-state index in [2.05, 4.69) is 10.6 Å². The van der Waals surface area contributed by atoms with E-state index in [1.165, 1.54) is 0 Å². The zero-order valence-corrected chi connectivity index (χ0v) is 20.6. The Morgan fingerprint density at radius 2 is 1.72 bits per heavy atom. The van der Waals surface area contributed by atoms with E-state index in [-0.39, 0.29) is 6.09 Å². The number of methoxy groups -OCH3 is 1. The van der Waals surface area contributed by atoms with Crippen LogP contribution in [0.25, 0.3) is 21.8 Å². The summed E-state index contributed by atoms with van der Waals surface area (Å²) in [5.41, 5.74) is 2.23. The molecule has 0 aliphatic carbocycles. The van der Waals surface area contributed by atoms with Gasteiger partial charge in [-0.25, -0.2) is 9.78 Å². The molecular weight excluding hydrogens is 426 g/mol. The summed E-state index contributed by atoms with van der Waals surface area (Å²) in [5.74, 6) is 0.780. The van der Waals surface area contributed by atoms with Gasteiger partial charge in [0.15, 0.2) is 0 Å². The third-order valence-electron chi connectivity index (χ3n) is 4.52. The molecule has 0 fully saturated rings. The van der Waals surface area contributed by atoms with Crippen LogP contribution in [0.3, 0.4) is 0 Å². The lowest BCUT2D eigenvalue weighted by Crippen LogP contribution is -2.33. The molecule has 0 saturated heterocycles. The van der Waals surface area contributed by atoms with Gasteiger partial charge < -0.3 is 20.1 Å². The summed E-state index contributed by atoms with van der Waals surface area (Å²) in [4.78, 5) is 16.5. The zero-order chi connectivity index (χ0) is 23.7. The van der Waals surface area contributed by atoms with Crippen LogP contribution in [0.2, 0.25) is 5.02 Å². The predicted molar refractivity (Wildman–Crippen MR) is 134 cm³/mol. The van der Waals surface area contributed by atoms with Gasteiger partial charge in [-0.2, -0.15) is 0 Å². The SMILES string of the molecule is CC.COc1ccc2nc3cc(Cl)ccc3c(NCCCCNC(=O)OC(C)(C)C)c2c1. The molecule has 3 rings (SSSR count). The molecule has 32 heavy (non-hydrogen) atoms. The van der Waals surface area contributed by atoms with Gasteiger partial charge in [-0.15, -0.1) is 0 Å². The molecule has 6 nitrogen and oxygen atoms in total. The molecule has 0 unspecified atom stereocenters. The molecular formula is C25H34ClN3O3. The van der Waals surface area contributed by atoms with Crippen LogP contribution in [-0.2, 0) is 4.74 Å². The van der Waals surface area contributed by atoms with Crippen molar-refractivity contribution in [1.29, 1.82) is 0 Å². The molecule has 0 spiro atoms. The van der Waals surface area contributed by atoms with Gasteiger partial charge >= 0.3 is 6.09 Å². The average Bonchev–Trinajstić information content (AvgIpc) is 2.75. The minimum Gasteiger partial charge on any atom is -0.497 e. The van der Waals surface area contributed by atoms with Crippen LogP contribution in [0, 0.1) is 0 Å². The van der Waals surface area contributed by atoms with Gasteiger partial charge in [0, 0.05) is 28.9 Å². The number of nitrogens with one attached hydrogen (secondary N) is 2. The number of nitrogens with zero attached hydrogens (tertiary/aromatic N) is 1. The Balaban J connectivity index is 0.00000176. The van der Waals surface area contributed by atoms with Gasteiger partial charge in [-0.3, -0.25) is 0 Å². The van der Waals surface area contributed by atoms with Crippen molar-refractivity contribution in [2.75, 3.05) is 25.5 Å². The summed E-state index contributed by atoms with van der Waals surface area (Å²) in [6.07, 6.45) is 1.34. The van der Waals surface area contributed by atoms with Crippen LogP contribution in [0.5, 0.6) is 5.75 Å². The van der Waals surface area contributed by atoms with Crippen LogP contribution in [0.4, 0.5) is 10.5 Å². The molecule has 1 heterocycles. The fraction of sp³-hybridized carbons (Fsp3) is 0.440. The van der Waals surface area contributed by atoms with Crippen LogP contribution < -0.4 is 15.4 Å². The third-order valence-corrected chi connectivity index (χ3v) is 4.75. The zero-order valence-electron chi connectivity index (χ0n) is 19.8. The second kappa shape index (κ2) is 11.8. The largest absolute Gasteiger partial charge is 0.497 e. The number of rotatable bonds is 7. The van der Waals surface area contributed by atoms with Crippen molar-refractivity contribution in [3.05, 3.63) is 41.4 Å². The lowest BCUT2D eigenvalue weighted by Gasteiger charge is -2.19. The normalized spacial score (nSPS) is 11.0. The quantitative estimate of drug-likeness (QED) is 0.300. The highest BCUT2D eigenvalue weighted by Crippen LogP contribution is 2.34. The van der Waals surface area contributed by atoms with Crippen LogP contribution >= 0.6 is 11.6 Å². The lowest BCUT2D eigenvalue weighted by molar-refractivity contribution is 0.0527. The number of alkyl carbamates (subject to hydrolysis) is 1. The van der Waals surface area contributed by atoms with Gasteiger partial charge in [-0.1, -0.05) is 25.4 Å². The van der Waals surface area contributed by atoms with Gasteiger partial charge in [0.2, 0.25) is 0 Å². The van der Waals surface area contributed by atoms with E-state index >= 15 is 0 Å². The number of amides is 1. The molecule has 2 N–H and O–H groups in total. The Hall–Kier alpha value is -2.73. The van der Waals surface area contributed by atoms with Gasteiger partial charge in [0.25, 0.3) is 0 Å². The number of halogens is 1. The number of anilines is 1. The predicted octanol–water partition coefficient (Wildman–Crippen LogP) is 6.79. The first-order chi connectivity index (χ1) is 15.3. The first-order valence-corrected chi connectivity index (χ1v) is 11.4. The number of hydrogen-bond donors (Lipinski definition) is 2. The molecule has 0 bridgehead atoms. The number of carbonyl (C=O) groups is 1. The number of fused-ring (bicyclic) bond motifs is 2. The molecule has 0 atom stereocenters. The Morgan fingerprint density at radius 1 is 1.00 bits per heavy atom. The smallest absolute Gasteiger partial charge is 0.407 e. The van der Waals surface area contributed by atoms with Gasteiger partial charge in [0.05, 0.1) is 23.8 Å². The molecule has 0 radical (unpaired) electrons. The molecule has 1 amide bonds.